The lowest BCUT2D eigenvalue weighted by atomic mass is 10.1. The Bertz CT molecular complexity index is 665. The van der Waals surface area contributed by atoms with Crippen LogP contribution in [-0.4, -0.2) is 22.6 Å². The normalized spacial score (nSPS) is 9.62. The van der Waals surface area contributed by atoms with Gasteiger partial charge in [0, 0.05) is 18.3 Å². The van der Waals surface area contributed by atoms with E-state index in [0.29, 0.717) is 17.8 Å². The van der Waals surface area contributed by atoms with Gasteiger partial charge in [-0.2, -0.15) is 0 Å². The van der Waals surface area contributed by atoms with E-state index in [9.17, 15) is 4.79 Å². The monoisotopic (exact) mass is 280 g/mol. The van der Waals surface area contributed by atoms with Crippen LogP contribution in [0.1, 0.15) is 27.2 Å². The molecule has 0 bridgehead atoms. The van der Waals surface area contributed by atoms with Crippen molar-refractivity contribution in [1.29, 1.82) is 0 Å². The third-order valence-electron chi connectivity index (χ3n) is 2.88. The number of carbonyl (C=O) groups is 1. The third kappa shape index (κ3) is 4.44. The number of nitrogens with zero attached hydrogens (tertiary/aromatic N) is 1. The van der Waals surface area contributed by atoms with E-state index in [-0.39, 0.29) is 12.5 Å². The lowest BCUT2D eigenvalue weighted by Crippen LogP contribution is -2.23. The van der Waals surface area contributed by atoms with Gasteiger partial charge in [0.25, 0.3) is 5.91 Å². The van der Waals surface area contributed by atoms with Gasteiger partial charge in [-0.15, -0.1) is 0 Å². The van der Waals surface area contributed by atoms with Crippen LogP contribution in [0.15, 0.2) is 42.6 Å². The van der Waals surface area contributed by atoms with Crippen molar-refractivity contribution in [1.82, 2.24) is 10.3 Å². The molecule has 0 aliphatic heterocycles. The molecular weight excluding hydrogens is 264 g/mol. The summed E-state index contributed by atoms with van der Waals surface area (Å²) in [5.74, 6) is 5.03. The van der Waals surface area contributed by atoms with Gasteiger partial charge in [0.2, 0.25) is 0 Å². The van der Waals surface area contributed by atoms with Gasteiger partial charge in [-0.05, 0) is 24.6 Å². The van der Waals surface area contributed by atoms with Crippen LogP contribution in [0, 0.1) is 18.8 Å². The Labute approximate surface area is 123 Å². The van der Waals surface area contributed by atoms with Gasteiger partial charge < -0.3 is 10.4 Å². The maximum absolute atomic E-state index is 12.0. The molecule has 0 aliphatic rings. The lowest BCUT2D eigenvalue weighted by molar-refractivity contribution is 0.0946. The first kappa shape index (κ1) is 14.8. The van der Waals surface area contributed by atoms with Crippen molar-refractivity contribution in [3.05, 3.63) is 65.0 Å². The highest BCUT2D eigenvalue weighted by atomic mass is 16.2. The Kier molecular flexibility index (Phi) is 5.08. The number of aromatic nitrogens is 1. The van der Waals surface area contributed by atoms with Crippen molar-refractivity contribution in [3.8, 4) is 11.8 Å². The summed E-state index contributed by atoms with van der Waals surface area (Å²) in [4.78, 5) is 16.0. The van der Waals surface area contributed by atoms with Gasteiger partial charge in [-0.1, -0.05) is 41.7 Å². The van der Waals surface area contributed by atoms with Crippen molar-refractivity contribution in [3.63, 3.8) is 0 Å². The van der Waals surface area contributed by atoms with Crippen LogP contribution in [0.5, 0.6) is 0 Å². The summed E-state index contributed by atoms with van der Waals surface area (Å²) in [7, 11) is 0. The van der Waals surface area contributed by atoms with E-state index in [1.165, 1.54) is 11.8 Å². The summed E-state index contributed by atoms with van der Waals surface area (Å²) in [6.07, 6.45) is 1.52. The Morgan fingerprint density at radius 1 is 1.24 bits per heavy atom. The number of carbonyl (C=O) groups excluding carboxylic acids is 1. The molecule has 0 atom stereocenters. The highest BCUT2D eigenvalue weighted by Gasteiger charge is 2.06. The van der Waals surface area contributed by atoms with Crippen LogP contribution < -0.4 is 5.32 Å². The van der Waals surface area contributed by atoms with Crippen LogP contribution in [0.25, 0.3) is 0 Å². The Balaban J connectivity index is 1.95. The van der Waals surface area contributed by atoms with Crippen LogP contribution in [0.4, 0.5) is 0 Å². The fourth-order valence-electron chi connectivity index (χ4n) is 1.72. The van der Waals surface area contributed by atoms with E-state index in [4.69, 9.17) is 5.11 Å². The zero-order chi connectivity index (χ0) is 15.1. The van der Waals surface area contributed by atoms with E-state index < -0.39 is 0 Å². The van der Waals surface area contributed by atoms with Crippen molar-refractivity contribution in [2.45, 2.75) is 13.5 Å². The van der Waals surface area contributed by atoms with Crippen LogP contribution in [-0.2, 0) is 6.54 Å². The van der Waals surface area contributed by atoms with Gasteiger partial charge in [0.05, 0.1) is 0 Å². The molecule has 1 aromatic heterocycles. The molecule has 0 fully saturated rings. The van der Waals surface area contributed by atoms with E-state index in [1.54, 1.807) is 12.1 Å². The molecule has 106 valence electrons. The number of benzene rings is 1. The molecule has 2 aromatic rings. The summed E-state index contributed by atoms with van der Waals surface area (Å²) in [5, 5.41) is 11.4. The highest BCUT2D eigenvalue weighted by molar-refractivity contribution is 5.92. The maximum Gasteiger partial charge on any atom is 0.270 e. The summed E-state index contributed by atoms with van der Waals surface area (Å²) in [5.41, 5.74) is 3.24. The molecule has 0 saturated carbocycles. The Morgan fingerprint density at radius 3 is 2.62 bits per heavy atom. The molecule has 1 amide bonds. The lowest BCUT2D eigenvalue weighted by Gasteiger charge is -2.05. The van der Waals surface area contributed by atoms with Crippen molar-refractivity contribution in [2.24, 2.45) is 0 Å². The number of hydrogen-bond acceptors (Lipinski definition) is 3. The minimum absolute atomic E-state index is 0.196. The van der Waals surface area contributed by atoms with Gasteiger partial charge in [0.1, 0.15) is 12.3 Å². The van der Waals surface area contributed by atoms with Gasteiger partial charge in [-0.25, -0.2) is 4.98 Å². The zero-order valence-corrected chi connectivity index (χ0v) is 11.8. The van der Waals surface area contributed by atoms with Crippen molar-refractivity contribution >= 4 is 5.91 Å². The Hall–Kier alpha value is -2.64. The topological polar surface area (TPSA) is 62.2 Å². The summed E-state index contributed by atoms with van der Waals surface area (Å²) in [6.45, 7) is 2.29. The van der Waals surface area contributed by atoms with E-state index in [2.05, 4.69) is 22.1 Å². The molecule has 0 unspecified atom stereocenters. The molecule has 0 aliphatic carbocycles. The number of aryl methyl sites for hydroxylation is 1. The first-order valence-electron chi connectivity index (χ1n) is 6.58. The van der Waals surface area contributed by atoms with Crippen LogP contribution in [0.2, 0.25) is 0 Å². The number of pyridine rings is 1. The first-order valence-corrected chi connectivity index (χ1v) is 6.58. The molecule has 1 heterocycles. The molecule has 2 rings (SSSR count). The van der Waals surface area contributed by atoms with Crippen molar-refractivity contribution < 1.29 is 9.90 Å². The molecular formula is C17H16N2O2. The summed E-state index contributed by atoms with van der Waals surface area (Å²) < 4.78 is 0. The standard InChI is InChI=1S/C17H16N2O2/c1-13-4-6-15(7-5-13)12-19-17(21)16-9-8-14(11-18-16)3-2-10-20/h4-9,11,20H,10,12H2,1H3,(H,19,21). The predicted molar refractivity (Wildman–Crippen MR) is 80.6 cm³/mol. The fourth-order valence-corrected chi connectivity index (χ4v) is 1.72. The molecule has 0 spiro atoms. The second-order valence-corrected chi connectivity index (χ2v) is 4.56. The fraction of sp³-hybridized carbons (Fsp3) is 0.176. The van der Waals surface area contributed by atoms with Crippen LogP contribution >= 0.6 is 0 Å². The molecule has 21 heavy (non-hydrogen) atoms. The van der Waals surface area contributed by atoms with E-state index >= 15 is 0 Å². The van der Waals surface area contributed by atoms with Gasteiger partial charge >= 0.3 is 0 Å². The second kappa shape index (κ2) is 7.22. The average molecular weight is 280 g/mol. The smallest absolute Gasteiger partial charge is 0.270 e. The zero-order valence-electron chi connectivity index (χ0n) is 11.8. The number of amides is 1. The number of aliphatic hydroxyl groups is 1. The molecule has 4 heteroatoms. The van der Waals surface area contributed by atoms with Gasteiger partial charge in [0.15, 0.2) is 0 Å². The van der Waals surface area contributed by atoms with Crippen LogP contribution in [0.3, 0.4) is 0 Å². The molecule has 1 aromatic carbocycles. The summed E-state index contributed by atoms with van der Waals surface area (Å²) >= 11 is 0. The van der Waals surface area contributed by atoms with E-state index in [1.807, 2.05) is 31.2 Å². The Morgan fingerprint density at radius 2 is 2.00 bits per heavy atom. The van der Waals surface area contributed by atoms with Crippen molar-refractivity contribution in [2.75, 3.05) is 6.61 Å². The largest absolute Gasteiger partial charge is 0.384 e. The van der Waals surface area contributed by atoms with Gasteiger partial charge in [-0.3, -0.25) is 4.79 Å². The molecule has 2 N–H and O–H groups in total. The van der Waals surface area contributed by atoms with E-state index in [0.717, 1.165) is 5.56 Å². The maximum atomic E-state index is 12.0. The second-order valence-electron chi connectivity index (χ2n) is 4.56. The average Bonchev–Trinajstić information content (AvgIpc) is 2.52. The number of hydrogen-bond donors (Lipinski definition) is 2. The minimum Gasteiger partial charge on any atom is -0.384 e. The molecule has 0 saturated heterocycles. The third-order valence-corrected chi connectivity index (χ3v) is 2.88. The first-order chi connectivity index (χ1) is 10.2. The predicted octanol–water partition coefficient (Wildman–Crippen LogP) is 1.66. The quantitative estimate of drug-likeness (QED) is 0.841. The number of rotatable bonds is 3. The SMILES string of the molecule is Cc1ccc(CNC(=O)c2ccc(C#CCO)cn2)cc1. The number of nitrogens with one attached hydrogen (secondary N) is 1. The molecule has 4 nitrogen and oxygen atoms in total. The number of aliphatic hydroxyl groups excluding tert-OH is 1. The highest BCUT2D eigenvalue weighted by Crippen LogP contribution is 2.04. The summed E-state index contributed by atoms with van der Waals surface area (Å²) in [6, 6.07) is 11.3. The molecule has 0 radical (unpaired) electrons. The minimum atomic E-state index is -0.225.